The molecule has 4 heteroatoms. The molecule has 86 valence electrons. The summed E-state index contributed by atoms with van der Waals surface area (Å²) < 4.78 is 1.82. The van der Waals surface area contributed by atoms with Gasteiger partial charge in [0, 0.05) is 23.2 Å². The highest BCUT2D eigenvalue weighted by Crippen LogP contribution is 2.32. The van der Waals surface area contributed by atoms with E-state index < -0.39 is 6.10 Å². The Balaban J connectivity index is 2.49. The molecular formula is C12H16N2OS. The van der Waals surface area contributed by atoms with Gasteiger partial charge in [-0.2, -0.15) is 5.10 Å². The first-order valence-corrected chi connectivity index (χ1v) is 6.12. The maximum atomic E-state index is 10.4. The van der Waals surface area contributed by atoms with E-state index in [1.165, 1.54) is 0 Å². The van der Waals surface area contributed by atoms with E-state index in [-0.39, 0.29) is 0 Å². The van der Waals surface area contributed by atoms with Gasteiger partial charge in [0.05, 0.1) is 5.69 Å². The molecule has 2 aromatic rings. The van der Waals surface area contributed by atoms with Crippen LogP contribution in [-0.2, 0) is 7.05 Å². The Morgan fingerprint density at radius 1 is 1.38 bits per heavy atom. The maximum absolute atomic E-state index is 10.4. The molecule has 3 nitrogen and oxygen atoms in total. The number of rotatable bonds is 2. The van der Waals surface area contributed by atoms with Gasteiger partial charge in [0.1, 0.15) is 6.10 Å². The minimum Gasteiger partial charge on any atom is -0.383 e. The first-order valence-electron chi connectivity index (χ1n) is 5.24. The van der Waals surface area contributed by atoms with E-state index >= 15 is 0 Å². The zero-order valence-electron chi connectivity index (χ0n) is 9.98. The summed E-state index contributed by atoms with van der Waals surface area (Å²) in [5.74, 6) is 0. The Kier molecular flexibility index (Phi) is 2.86. The second kappa shape index (κ2) is 4.03. The van der Waals surface area contributed by atoms with Crippen LogP contribution < -0.4 is 0 Å². The van der Waals surface area contributed by atoms with Crippen molar-refractivity contribution in [2.45, 2.75) is 26.9 Å². The Bertz CT molecular complexity index is 513. The zero-order valence-corrected chi connectivity index (χ0v) is 10.8. The standard InChI is InChI=1S/C12H16N2OS/c1-7-5-6-16-12(7)11(15)10-8(2)13-14(4)9(10)3/h5-6,11,15H,1-4H3. The highest BCUT2D eigenvalue weighted by atomic mass is 32.1. The second-order valence-electron chi connectivity index (χ2n) is 4.08. The van der Waals surface area contributed by atoms with Gasteiger partial charge >= 0.3 is 0 Å². The van der Waals surface area contributed by atoms with Gasteiger partial charge in [-0.25, -0.2) is 0 Å². The van der Waals surface area contributed by atoms with Gasteiger partial charge in [-0.15, -0.1) is 11.3 Å². The van der Waals surface area contributed by atoms with Crippen LogP contribution in [0.1, 0.15) is 33.5 Å². The van der Waals surface area contributed by atoms with Gasteiger partial charge in [-0.05, 0) is 37.8 Å². The van der Waals surface area contributed by atoms with E-state index in [1.54, 1.807) is 11.3 Å². The molecule has 0 saturated carbocycles. The van der Waals surface area contributed by atoms with Gasteiger partial charge in [0.15, 0.2) is 0 Å². The van der Waals surface area contributed by atoms with Crippen molar-refractivity contribution in [3.8, 4) is 0 Å². The Hall–Kier alpha value is -1.13. The summed E-state index contributed by atoms with van der Waals surface area (Å²) >= 11 is 1.59. The van der Waals surface area contributed by atoms with E-state index in [1.807, 2.05) is 43.9 Å². The van der Waals surface area contributed by atoms with Crippen LogP contribution in [0.3, 0.4) is 0 Å². The van der Waals surface area contributed by atoms with Crippen molar-refractivity contribution in [3.05, 3.63) is 38.8 Å². The summed E-state index contributed by atoms with van der Waals surface area (Å²) in [5, 5.41) is 16.7. The smallest absolute Gasteiger partial charge is 0.117 e. The molecule has 0 aromatic carbocycles. The van der Waals surface area contributed by atoms with E-state index in [0.29, 0.717) is 0 Å². The summed E-state index contributed by atoms with van der Waals surface area (Å²) in [5.41, 5.74) is 4.01. The number of aromatic nitrogens is 2. The Morgan fingerprint density at radius 2 is 2.06 bits per heavy atom. The molecule has 0 amide bonds. The van der Waals surface area contributed by atoms with Crippen LogP contribution in [0.4, 0.5) is 0 Å². The monoisotopic (exact) mass is 236 g/mol. The first-order chi connectivity index (χ1) is 7.52. The van der Waals surface area contributed by atoms with Gasteiger partial charge < -0.3 is 5.11 Å². The van der Waals surface area contributed by atoms with Crippen molar-refractivity contribution < 1.29 is 5.11 Å². The first kappa shape index (κ1) is 11.4. The Morgan fingerprint density at radius 3 is 2.50 bits per heavy atom. The number of aryl methyl sites for hydroxylation is 3. The average molecular weight is 236 g/mol. The average Bonchev–Trinajstić information content (AvgIpc) is 2.73. The second-order valence-corrected chi connectivity index (χ2v) is 5.03. The van der Waals surface area contributed by atoms with Crippen molar-refractivity contribution in [1.29, 1.82) is 0 Å². The van der Waals surface area contributed by atoms with Gasteiger partial charge in [0.25, 0.3) is 0 Å². The largest absolute Gasteiger partial charge is 0.383 e. The maximum Gasteiger partial charge on any atom is 0.117 e. The Labute approximate surface area is 99.4 Å². The summed E-state index contributed by atoms with van der Waals surface area (Å²) in [4.78, 5) is 1.01. The lowest BCUT2D eigenvalue weighted by molar-refractivity contribution is 0.222. The lowest BCUT2D eigenvalue weighted by atomic mass is 10.0. The van der Waals surface area contributed by atoms with Gasteiger partial charge in [-0.3, -0.25) is 4.68 Å². The normalized spacial score (nSPS) is 13.1. The fourth-order valence-electron chi connectivity index (χ4n) is 1.98. The fraction of sp³-hybridized carbons (Fsp3) is 0.417. The molecule has 0 spiro atoms. The number of hydrogen-bond acceptors (Lipinski definition) is 3. The van der Waals surface area contributed by atoms with Crippen molar-refractivity contribution in [3.63, 3.8) is 0 Å². The third-order valence-corrected chi connectivity index (χ3v) is 4.06. The van der Waals surface area contributed by atoms with E-state index in [9.17, 15) is 5.11 Å². The molecule has 1 N–H and O–H groups in total. The molecule has 1 atom stereocenters. The van der Waals surface area contributed by atoms with Gasteiger partial charge in [0.2, 0.25) is 0 Å². The molecular weight excluding hydrogens is 220 g/mol. The highest BCUT2D eigenvalue weighted by molar-refractivity contribution is 7.10. The van der Waals surface area contributed by atoms with Crippen LogP contribution in [0.2, 0.25) is 0 Å². The van der Waals surface area contributed by atoms with Crippen molar-refractivity contribution in [1.82, 2.24) is 9.78 Å². The topological polar surface area (TPSA) is 38.1 Å². The van der Waals surface area contributed by atoms with Crippen molar-refractivity contribution >= 4 is 11.3 Å². The number of thiophene rings is 1. The van der Waals surface area contributed by atoms with Gasteiger partial charge in [-0.1, -0.05) is 0 Å². The molecule has 0 aliphatic carbocycles. The van der Waals surface area contributed by atoms with E-state index in [0.717, 1.165) is 27.4 Å². The minimum absolute atomic E-state index is 0.548. The van der Waals surface area contributed by atoms with Crippen molar-refractivity contribution in [2.24, 2.45) is 7.05 Å². The van der Waals surface area contributed by atoms with Crippen molar-refractivity contribution in [2.75, 3.05) is 0 Å². The summed E-state index contributed by atoms with van der Waals surface area (Å²) in [6.45, 7) is 5.95. The molecule has 0 aliphatic heterocycles. The molecule has 2 rings (SSSR count). The van der Waals surface area contributed by atoms with E-state index in [4.69, 9.17) is 0 Å². The third-order valence-electron chi connectivity index (χ3n) is 2.99. The van der Waals surface area contributed by atoms with E-state index in [2.05, 4.69) is 5.10 Å². The number of aliphatic hydroxyl groups is 1. The van der Waals surface area contributed by atoms with Crippen LogP contribution in [0, 0.1) is 20.8 Å². The summed E-state index contributed by atoms with van der Waals surface area (Å²) in [6, 6.07) is 2.03. The number of aliphatic hydroxyl groups excluding tert-OH is 1. The lowest BCUT2D eigenvalue weighted by Gasteiger charge is -2.10. The molecule has 1 unspecified atom stereocenters. The summed E-state index contributed by atoms with van der Waals surface area (Å²) in [6.07, 6.45) is -0.548. The van der Waals surface area contributed by atoms with Crippen LogP contribution >= 0.6 is 11.3 Å². The molecule has 0 radical (unpaired) electrons. The molecule has 0 saturated heterocycles. The molecule has 0 bridgehead atoms. The van der Waals surface area contributed by atoms with Crippen LogP contribution in [-0.4, -0.2) is 14.9 Å². The predicted octanol–water partition coefficient (Wildman–Crippen LogP) is 2.49. The quantitative estimate of drug-likeness (QED) is 0.870. The predicted molar refractivity (Wildman–Crippen MR) is 65.8 cm³/mol. The molecule has 16 heavy (non-hydrogen) atoms. The molecule has 2 heterocycles. The SMILES string of the molecule is Cc1ccsc1C(O)c1c(C)nn(C)c1C. The fourth-order valence-corrected chi connectivity index (χ4v) is 2.90. The minimum atomic E-state index is -0.548. The highest BCUT2D eigenvalue weighted by Gasteiger charge is 2.21. The van der Waals surface area contributed by atoms with Crippen LogP contribution in [0.25, 0.3) is 0 Å². The zero-order chi connectivity index (χ0) is 11.9. The number of hydrogen-bond donors (Lipinski definition) is 1. The van der Waals surface area contributed by atoms with Crippen LogP contribution in [0.5, 0.6) is 0 Å². The summed E-state index contributed by atoms with van der Waals surface area (Å²) in [7, 11) is 1.90. The molecule has 0 aliphatic rings. The molecule has 0 fully saturated rings. The van der Waals surface area contributed by atoms with Crippen LogP contribution in [0.15, 0.2) is 11.4 Å². The number of nitrogens with zero attached hydrogens (tertiary/aromatic N) is 2. The third kappa shape index (κ3) is 1.68. The molecule has 2 aromatic heterocycles. The lowest BCUT2D eigenvalue weighted by Crippen LogP contribution is -2.02.